The summed E-state index contributed by atoms with van der Waals surface area (Å²) in [5.41, 5.74) is 1.46. The number of rotatable bonds is 12. The van der Waals surface area contributed by atoms with E-state index in [4.69, 9.17) is 18.9 Å². The number of benzene rings is 1. The monoisotopic (exact) mass is 507 g/mol. The van der Waals surface area contributed by atoms with Gasteiger partial charge in [-0.25, -0.2) is 0 Å². The summed E-state index contributed by atoms with van der Waals surface area (Å²) in [4.78, 5) is 18.2. The summed E-state index contributed by atoms with van der Waals surface area (Å²) in [6.07, 6.45) is 2.84. The van der Waals surface area contributed by atoms with Gasteiger partial charge in [0, 0.05) is 37.3 Å². The van der Waals surface area contributed by atoms with Gasteiger partial charge in [-0.1, -0.05) is 0 Å². The van der Waals surface area contributed by atoms with E-state index >= 15 is 0 Å². The van der Waals surface area contributed by atoms with Gasteiger partial charge in [0.2, 0.25) is 0 Å². The van der Waals surface area contributed by atoms with E-state index < -0.39 is 5.41 Å². The lowest BCUT2D eigenvalue weighted by atomic mass is 9.93. The van der Waals surface area contributed by atoms with Crippen LogP contribution in [0.3, 0.4) is 0 Å². The maximum absolute atomic E-state index is 12.9. The van der Waals surface area contributed by atoms with Crippen LogP contribution in [-0.4, -0.2) is 102 Å². The molecule has 1 N–H and O–H groups in total. The molecule has 35 heavy (non-hydrogen) atoms. The Bertz CT molecular complexity index is 886. The first-order valence-electron chi connectivity index (χ1n) is 12.2. The summed E-state index contributed by atoms with van der Waals surface area (Å²) in [7, 11) is 5.75. The second-order valence-corrected chi connectivity index (χ2v) is 10.7. The number of nitrogens with zero attached hydrogens (tertiary/aromatic N) is 2. The number of hydrogen-bond donors (Lipinski definition) is 2. The van der Waals surface area contributed by atoms with Crippen molar-refractivity contribution in [1.82, 2.24) is 15.1 Å². The molecule has 3 rings (SSSR count). The number of methoxy groups -OCH3 is 1. The Balaban J connectivity index is 1.55. The van der Waals surface area contributed by atoms with Crippen molar-refractivity contribution in [1.29, 1.82) is 0 Å². The molecule has 1 spiro atoms. The Labute approximate surface area is 215 Å². The van der Waals surface area contributed by atoms with Crippen molar-refractivity contribution < 1.29 is 23.7 Å². The van der Waals surface area contributed by atoms with Gasteiger partial charge in [0.15, 0.2) is 0 Å². The third kappa shape index (κ3) is 7.36. The number of carbonyl (C=O) groups excluding carboxylic acids is 1. The fourth-order valence-electron chi connectivity index (χ4n) is 4.20. The highest BCUT2D eigenvalue weighted by Gasteiger charge is 2.46. The lowest BCUT2D eigenvalue weighted by Crippen LogP contribution is -2.68. The Morgan fingerprint density at radius 1 is 1.29 bits per heavy atom. The zero-order valence-electron chi connectivity index (χ0n) is 21.8. The highest BCUT2D eigenvalue weighted by molar-refractivity contribution is 7.80. The molecule has 2 aliphatic heterocycles. The number of carbonyl (C=O) groups is 1. The van der Waals surface area contributed by atoms with E-state index in [2.05, 4.69) is 41.8 Å². The van der Waals surface area contributed by atoms with Crippen LogP contribution in [0.4, 0.5) is 0 Å². The van der Waals surface area contributed by atoms with Gasteiger partial charge in [-0.3, -0.25) is 9.69 Å². The molecule has 2 saturated heterocycles. The average Bonchev–Trinajstić information content (AvgIpc) is 2.80. The maximum Gasteiger partial charge on any atom is 0.313 e. The van der Waals surface area contributed by atoms with Crippen molar-refractivity contribution in [2.24, 2.45) is 5.41 Å². The molecule has 0 saturated carbocycles. The number of hydrogen-bond acceptors (Lipinski definition) is 9. The molecule has 196 valence electrons. The molecule has 0 aromatic heterocycles. The molecule has 2 aliphatic rings. The molecule has 0 bridgehead atoms. The lowest BCUT2D eigenvalue weighted by molar-refractivity contribution is -0.200. The summed E-state index contributed by atoms with van der Waals surface area (Å²) >= 11 is 4.67. The summed E-state index contributed by atoms with van der Waals surface area (Å²) in [5.74, 6) is 0.565. The predicted octanol–water partition coefficient (Wildman–Crippen LogP) is 2.54. The minimum atomic E-state index is -0.671. The van der Waals surface area contributed by atoms with Gasteiger partial charge in [0.05, 0.1) is 44.5 Å². The molecule has 0 unspecified atom stereocenters. The van der Waals surface area contributed by atoms with Gasteiger partial charge in [-0.15, -0.1) is 12.6 Å². The summed E-state index contributed by atoms with van der Waals surface area (Å²) in [6, 6.07) is 5.88. The van der Waals surface area contributed by atoms with Crippen LogP contribution in [0.25, 0.3) is 5.57 Å². The fraction of sp³-hybridized carbons (Fsp3) is 0.654. The standard InChI is InChI=1S/C26H41N3O5S/c1-25(2,24(30)34-13-11-29-10-12-32-17-26(29)18-33-19-26)16-27-15-20(8-9-28(3)4)22-7-6-21(31-5)14-23(22)35/h6-7,14-15,27,35H,8-13,16-19H2,1-5H3/b20-15-. The van der Waals surface area contributed by atoms with Gasteiger partial charge >= 0.3 is 5.97 Å². The number of thiol groups is 1. The third-order valence-electron chi connectivity index (χ3n) is 6.64. The molecule has 0 radical (unpaired) electrons. The van der Waals surface area contributed by atoms with Crippen LogP contribution in [0.1, 0.15) is 25.8 Å². The molecule has 9 heteroatoms. The van der Waals surface area contributed by atoms with E-state index in [-0.39, 0.29) is 11.5 Å². The van der Waals surface area contributed by atoms with E-state index in [0.717, 1.165) is 41.3 Å². The smallest absolute Gasteiger partial charge is 0.313 e. The average molecular weight is 508 g/mol. The fourth-order valence-corrected chi connectivity index (χ4v) is 4.55. The summed E-state index contributed by atoms with van der Waals surface area (Å²) < 4.78 is 22.0. The molecule has 1 aromatic carbocycles. The highest BCUT2D eigenvalue weighted by atomic mass is 32.1. The number of esters is 1. The van der Waals surface area contributed by atoms with Crippen LogP contribution in [0.15, 0.2) is 29.3 Å². The van der Waals surface area contributed by atoms with E-state index in [0.29, 0.717) is 46.1 Å². The van der Waals surface area contributed by atoms with Gasteiger partial charge < -0.3 is 29.2 Å². The van der Waals surface area contributed by atoms with Gasteiger partial charge in [-0.05, 0) is 63.7 Å². The second kappa shape index (κ2) is 12.5. The van der Waals surface area contributed by atoms with Crippen molar-refractivity contribution in [2.45, 2.75) is 30.7 Å². The topological polar surface area (TPSA) is 72.5 Å². The molecule has 2 heterocycles. The van der Waals surface area contributed by atoms with Crippen LogP contribution < -0.4 is 10.1 Å². The molecule has 0 aliphatic carbocycles. The zero-order chi connectivity index (χ0) is 25.5. The van der Waals surface area contributed by atoms with Crippen molar-refractivity contribution in [3.05, 3.63) is 30.0 Å². The highest BCUT2D eigenvalue weighted by Crippen LogP contribution is 2.29. The lowest BCUT2D eigenvalue weighted by Gasteiger charge is -2.51. The second-order valence-electron chi connectivity index (χ2n) is 10.3. The van der Waals surface area contributed by atoms with Crippen molar-refractivity contribution in [3.63, 3.8) is 0 Å². The molecular weight excluding hydrogens is 466 g/mol. The van der Waals surface area contributed by atoms with Crippen LogP contribution >= 0.6 is 12.6 Å². The first-order chi connectivity index (χ1) is 16.7. The van der Waals surface area contributed by atoms with Gasteiger partial charge in [0.1, 0.15) is 12.4 Å². The molecule has 0 amide bonds. The predicted molar refractivity (Wildman–Crippen MR) is 140 cm³/mol. The number of nitrogens with one attached hydrogen (secondary N) is 1. The third-order valence-corrected chi connectivity index (χ3v) is 7.01. The van der Waals surface area contributed by atoms with Crippen molar-refractivity contribution in [2.75, 3.05) is 80.4 Å². The maximum atomic E-state index is 12.9. The normalized spacial score (nSPS) is 18.4. The summed E-state index contributed by atoms with van der Waals surface area (Å²) in [6.45, 7) is 9.81. The van der Waals surface area contributed by atoms with Crippen LogP contribution in [0.2, 0.25) is 0 Å². The van der Waals surface area contributed by atoms with Crippen LogP contribution in [-0.2, 0) is 19.0 Å². The molecule has 0 atom stereocenters. The van der Waals surface area contributed by atoms with E-state index in [1.807, 2.05) is 38.2 Å². The number of ether oxygens (including phenoxy) is 4. The largest absolute Gasteiger partial charge is 0.497 e. The SMILES string of the molecule is COc1ccc(/C(=C\NCC(C)(C)C(=O)OCCN2CCOCC23COC3)CCN(C)C)c(S)c1. The van der Waals surface area contributed by atoms with Gasteiger partial charge in [-0.2, -0.15) is 0 Å². The van der Waals surface area contributed by atoms with Crippen molar-refractivity contribution in [3.8, 4) is 5.75 Å². The van der Waals surface area contributed by atoms with E-state index in [1.54, 1.807) is 7.11 Å². The Kier molecular flexibility index (Phi) is 9.89. The van der Waals surface area contributed by atoms with Gasteiger partial charge in [0.25, 0.3) is 0 Å². The van der Waals surface area contributed by atoms with Crippen molar-refractivity contribution >= 4 is 24.2 Å². The minimum Gasteiger partial charge on any atom is -0.497 e. The van der Waals surface area contributed by atoms with Crippen LogP contribution in [0.5, 0.6) is 5.75 Å². The van der Waals surface area contributed by atoms with E-state index in [1.165, 1.54) is 0 Å². The molecule has 2 fully saturated rings. The first-order valence-corrected chi connectivity index (χ1v) is 12.6. The minimum absolute atomic E-state index is 0.0389. The molecule has 1 aromatic rings. The number of morpholine rings is 1. The quantitative estimate of drug-likeness (QED) is 0.330. The zero-order valence-corrected chi connectivity index (χ0v) is 22.7. The Morgan fingerprint density at radius 2 is 2.03 bits per heavy atom. The molecular formula is C26H41N3O5S. The van der Waals surface area contributed by atoms with Crippen LogP contribution in [0, 0.1) is 5.41 Å². The summed E-state index contributed by atoms with van der Waals surface area (Å²) in [5, 5.41) is 3.37. The first kappa shape index (κ1) is 27.8. The van der Waals surface area contributed by atoms with E-state index in [9.17, 15) is 4.79 Å². The Morgan fingerprint density at radius 3 is 2.66 bits per heavy atom. The molecule has 8 nitrogen and oxygen atoms in total. The Hall–Kier alpha value is -1.78.